The molecule has 0 radical (unpaired) electrons. The quantitative estimate of drug-likeness (QED) is 0.836. The van der Waals surface area contributed by atoms with E-state index >= 15 is 0 Å². The maximum atomic E-state index is 12.4. The number of nitrogens with zero attached hydrogens (tertiary/aromatic N) is 1. The van der Waals surface area contributed by atoms with Crippen LogP contribution >= 0.6 is 31.9 Å². The molecule has 1 N–H and O–H groups in total. The van der Waals surface area contributed by atoms with E-state index in [9.17, 15) is 14.7 Å². The highest BCUT2D eigenvalue weighted by Gasteiger charge is 2.20. The van der Waals surface area contributed by atoms with Crippen LogP contribution in [-0.4, -0.2) is 15.6 Å². The van der Waals surface area contributed by atoms with Crippen molar-refractivity contribution in [3.8, 4) is 5.69 Å². The minimum atomic E-state index is -1.05. The van der Waals surface area contributed by atoms with Gasteiger partial charge in [-0.1, -0.05) is 15.9 Å². The molecule has 0 spiro atoms. The average molecular weight is 401 g/mol. The summed E-state index contributed by atoms with van der Waals surface area (Å²) in [6.45, 7) is 3.25. The lowest BCUT2D eigenvalue weighted by atomic mass is 10.1. The van der Waals surface area contributed by atoms with Crippen LogP contribution in [0.15, 0.2) is 38.0 Å². The summed E-state index contributed by atoms with van der Waals surface area (Å²) in [6, 6.07) is 7.11. The molecule has 0 aliphatic carbocycles. The monoisotopic (exact) mass is 399 g/mol. The largest absolute Gasteiger partial charge is 0.478 e. The van der Waals surface area contributed by atoms with Crippen LogP contribution in [0.25, 0.3) is 5.69 Å². The van der Waals surface area contributed by atoms with E-state index in [1.807, 2.05) is 0 Å². The van der Waals surface area contributed by atoms with Crippen molar-refractivity contribution in [2.75, 3.05) is 0 Å². The van der Waals surface area contributed by atoms with Gasteiger partial charge in [-0.3, -0.25) is 9.36 Å². The van der Waals surface area contributed by atoms with Crippen LogP contribution in [-0.2, 0) is 0 Å². The summed E-state index contributed by atoms with van der Waals surface area (Å²) in [6.07, 6.45) is 0. The number of carboxylic acid groups (broad SMARTS) is 1. The molecule has 6 heteroatoms. The lowest BCUT2D eigenvalue weighted by Gasteiger charge is -2.15. The molecule has 1 aromatic carbocycles. The van der Waals surface area contributed by atoms with E-state index in [0.717, 1.165) is 4.47 Å². The van der Waals surface area contributed by atoms with Crippen LogP contribution in [0, 0.1) is 13.8 Å². The Kier molecular flexibility index (Phi) is 4.15. The summed E-state index contributed by atoms with van der Waals surface area (Å²) < 4.78 is 2.55. The normalized spacial score (nSPS) is 10.6. The van der Waals surface area contributed by atoms with Gasteiger partial charge in [-0.25, -0.2) is 4.79 Å². The first-order chi connectivity index (χ1) is 9.34. The third kappa shape index (κ3) is 2.45. The molecule has 0 unspecified atom stereocenters. The Balaban J connectivity index is 2.86. The molecule has 0 amide bonds. The smallest absolute Gasteiger partial charge is 0.337 e. The second-order valence-electron chi connectivity index (χ2n) is 4.32. The second-order valence-corrected chi connectivity index (χ2v) is 6.03. The zero-order chi connectivity index (χ0) is 15.0. The van der Waals surface area contributed by atoms with Gasteiger partial charge in [-0.15, -0.1) is 0 Å². The molecule has 0 atom stereocenters. The highest BCUT2D eigenvalue weighted by molar-refractivity contribution is 9.10. The average Bonchev–Trinajstić information content (AvgIpc) is 2.38. The maximum Gasteiger partial charge on any atom is 0.337 e. The number of aromatic nitrogens is 1. The molecule has 0 aliphatic heterocycles. The van der Waals surface area contributed by atoms with Gasteiger partial charge in [-0.2, -0.15) is 0 Å². The summed E-state index contributed by atoms with van der Waals surface area (Å²) in [7, 11) is 0. The summed E-state index contributed by atoms with van der Waals surface area (Å²) >= 11 is 6.52. The Bertz CT molecular complexity index is 748. The Hall–Kier alpha value is -1.40. The molecule has 2 rings (SSSR count). The molecule has 0 bridgehead atoms. The van der Waals surface area contributed by atoms with Crippen LogP contribution in [0.1, 0.15) is 21.6 Å². The van der Waals surface area contributed by atoms with Crippen molar-refractivity contribution < 1.29 is 9.90 Å². The summed E-state index contributed by atoms with van der Waals surface area (Å²) in [5, 5.41) is 9.33. The zero-order valence-electron chi connectivity index (χ0n) is 10.8. The topological polar surface area (TPSA) is 59.3 Å². The fraction of sp³-hybridized carbons (Fsp3) is 0.143. The lowest BCUT2D eigenvalue weighted by molar-refractivity contribution is 0.0694. The third-order valence-corrected chi connectivity index (χ3v) is 4.55. The predicted molar refractivity (Wildman–Crippen MR) is 83.9 cm³/mol. The highest BCUT2D eigenvalue weighted by Crippen LogP contribution is 2.22. The fourth-order valence-electron chi connectivity index (χ4n) is 2.12. The Morgan fingerprint density at radius 2 is 1.70 bits per heavy atom. The molecule has 0 saturated heterocycles. The predicted octanol–water partition coefficient (Wildman–Crippen LogP) is 3.68. The number of hydrogen-bond acceptors (Lipinski definition) is 2. The van der Waals surface area contributed by atoms with Crippen LogP contribution in [0.4, 0.5) is 0 Å². The van der Waals surface area contributed by atoms with Gasteiger partial charge in [0.05, 0.1) is 10.0 Å². The van der Waals surface area contributed by atoms with Crippen molar-refractivity contribution in [1.82, 2.24) is 4.57 Å². The molecular formula is C14H11Br2NO3. The molecule has 0 saturated carbocycles. The number of carboxylic acids is 1. The molecular weight excluding hydrogens is 390 g/mol. The summed E-state index contributed by atoms with van der Waals surface area (Å²) in [5.74, 6) is -1.05. The Morgan fingerprint density at radius 1 is 1.15 bits per heavy atom. The standard InChI is InChI=1S/C14H11Br2NO3/c1-7-11(14(19)20)8(2)17(13(18)12(7)16)10-5-3-9(15)4-6-10/h3-6H,1-2H3,(H,19,20). The number of rotatable bonds is 2. The van der Waals surface area contributed by atoms with Crippen molar-refractivity contribution in [2.45, 2.75) is 13.8 Å². The van der Waals surface area contributed by atoms with E-state index < -0.39 is 5.97 Å². The summed E-state index contributed by atoms with van der Waals surface area (Å²) in [4.78, 5) is 23.8. The van der Waals surface area contributed by atoms with Crippen molar-refractivity contribution in [3.05, 3.63) is 60.4 Å². The molecule has 2 aromatic rings. The van der Waals surface area contributed by atoms with E-state index in [1.165, 1.54) is 4.57 Å². The second kappa shape index (κ2) is 5.54. The van der Waals surface area contributed by atoms with Gasteiger partial charge in [0.2, 0.25) is 0 Å². The number of carbonyl (C=O) groups is 1. The number of aromatic carboxylic acids is 1. The molecule has 0 aliphatic rings. The van der Waals surface area contributed by atoms with E-state index in [2.05, 4.69) is 31.9 Å². The molecule has 4 nitrogen and oxygen atoms in total. The van der Waals surface area contributed by atoms with Crippen LogP contribution in [0.2, 0.25) is 0 Å². The van der Waals surface area contributed by atoms with Crippen molar-refractivity contribution >= 4 is 37.8 Å². The number of benzene rings is 1. The van der Waals surface area contributed by atoms with Crippen molar-refractivity contribution in [2.24, 2.45) is 0 Å². The van der Waals surface area contributed by atoms with Gasteiger partial charge < -0.3 is 5.11 Å². The number of halogens is 2. The van der Waals surface area contributed by atoms with Crippen molar-refractivity contribution in [3.63, 3.8) is 0 Å². The first-order valence-electron chi connectivity index (χ1n) is 5.75. The van der Waals surface area contributed by atoms with E-state index in [4.69, 9.17) is 0 Å². The summed E-state index contributed by atoms with van der Waals surface area (Å²) in [5.41, 5.74) is 1.34. The van der Waals surface area contributed by atoms with E-state index in [1.54, 1.807) is 38.1 Å². The zero-order valence-corrected chi connectivity index (χ0v) is 13.9. The first kappa shape index (κ1) is 15.0. The van der Waals surface area contributed by atoms with E-state index in [-0.39, 0.29) is 15.6 Å². The minimum absolute atomic E-state index is 0.138. The van der Waals surface area contributed by atoms with Gasteiger partial charge in [0.25, 0.3) is 5.56 Å². The minimum Gasteiger partial charge on any atom is -0.478 e. The maximum absolute atomic E-state index is 12.4. The number of hydrogen-bond donors (Lipinski definition) is 1. The molecule has 20 heavy (non-hydrogen) atoms. The van der Waals surface area contributed by atoms with Gasteiger partial charge in [0.1, 0.15) is 0 Å². The molecule has 1 aromatic heterocycles. The van der Waals surface area contributed by atoms with Gasteiger partial charge in [-0.05, 0) is 59.6 Å². The molecule has 1 heterocycles. The highest BCUT2D eigenvalue weighted by atomic mass is 79.9. The van der Waals surface area contributed by atoms with Gasteiger partial charge >= 0.3 is 5.97 Å². The van der Waals surface area contributed by atoms with Crippen LogP contribution < -0.4 is 5.56 Å². The van der Waals surface area contributed by atoms with E-state index in [0.29, 0.717) is 16.9 Å². The number of pyridine rings is 1. The Morgan fingerprint density at radius 3 is 2.20 bits per heavy atom. The van der Waals surface area contributed by atoms with Crippen molar-refractivity contribution in [1.29, 1.82) is 0 Å². The first-order valence-corrected chi connectivity index (χ1v) is 7.34. The van der Waals surface area contributed by atoms with Gasteiger partial charge in [0.15, 0.2) is 0 Å². The third-order valence-electron chi connectivity index (χ3n) is 3.09. The Labute approximate surface area is 132 Å². The lowest BCUT2D eigenvalue weighted by Crippen LogP contribution is -2.25. The van der Waals surface area contributed by atoms with Crippen LogP contribution in [0.5, 0.6) is 0 Å². The van der Waals surface area contributed by atoms with Crippen LogP contribution in [0.3, 0.4) is 0 Å². The molecule has 0 fully saturated rings. The van der Waals surface area contributed by atoms with Gasteiger partial charge in [0, 0.05) is 15.9 Å². The SMILES string of the molecule is Cc1c(C(=O)O)c(C)n(-c2ccc(Br)cc2)c(=O)c1Br. The molecule has 104 valence electrons. The fourth-order valence-corrected chi connectivity index (χ4v) is 2.76.